The molecule has 0 saturated heterocycles. The van der Waals surface area contributed by atoms with Gasteiger partial charge in [-0.15, -0.1) is 0 Å². The first-order valence-electron chi connectivity index (χ1n) is 9.72. The van der Waals surface area contributed by atoms with Crippen LogP contribution in [0.25, 0.3) is 0 Å². The first-order chi connectivity index (χ1) is 14.7. The number of nitrogens with one attached hydrogen (secondary N) is 1. The van der Waals surface area contributed by atoms with Crippen molar-refractivity contribution in [1.82, 2.24) is 5.43 Å². The zero-order chi connectivity index (χ0) is 21.2. The Bertz CT molecular complexity index is 977. The predicted molar refractivity (Wildman–Crippen MR) is 129 cm³/mol. The Morgan fingerprint density at radius 2 is 1.73 bits per heavy atom. The molecule has 0 unspecified atom stereocenters. The predicted octanol–water partition coefficient (Wildman–Crippen LogP) is 5.40. The number of para-hydroxylation sites is 1. The number of halogens is 1. The number of hydrogen-bond acceptors (Lipinski definition) is 5. The van der Waals surface area contributed by atoms with Crippen LogP contribution >= 0.6 is 22.6 Å². The molecule has 156 valence electrons. The fraction of sp³-hybridized carbons (Fsp3) is 0.208. The molecule has 6 heteroatoms. The molecule has 3 aromatic carbocycles. The van der Waals surface area contributed by atoms with Crippen molar-refractivity contribution in [3.8, 4) is 17.2 Å². The molecule has 0 aliphatic carbocycles. The van der Waals surface area contributed by atoms with E-state index in [4.69, 9.17) is 14.2 Å². The number of hydrogen-bond donors (Lipinski definition) is 1. The second-order valence-electron chi connectivity index (χ2n) is 6.44. The Balaban J connectivity index is 1.68. The molecular weight excluding hydrogens is 491 g/mol. The maximum Gasteiger partial charge on any atom is 0.175 e. The van der Waals surface area contributed by atoms with Crippen LogP contribution in [0, 0.1) is 3.57 Å². The fourth-order valence-electron chi connectivity index (χ4n) is 2.90. The lowest BCUT2D eigenvalue weighted by Crippen LogP contribution is -2.07. The van der Waals surface area contributed by atoms with Crippen molar-refractivity contribution in [3.63, 3.8) is 0 Å². The summed E-state index contributed by atoms with van der Waals surface area (Å²) in [6.45, 7) is 3.59. The first-order valence-corrected chi connectivity index (χ1v) is 10.8. The number of rotatable bonds is 10. The molecule has 30 heavy (non-hydrogen) atoms. The summed E-state index contributed by atoms with van der Waals surface area (Å²) < 4.78 is 18.2. The first kappa shape index (κ1) is 22.0. The van der Waals surface area contributed by atoms with E-state index >= 15 is 0 Å². The average molecular weight is 516 g/mol. The minimum Gasteiger partial charge on any atom is -0.496 e. The molecule has 5 nitrogen and oxygen atoms in total. The minimum atomic E-state index is 0.491. The van der Waals surface area contributed by atoms with Crippen LogP contribution in [0.3, 0.4) is 0 Å². The molecule has 0 aliphatic heterocycles. The minimum absolute atomic E-state index is 0.491. The van der Waals surface area contributed by atoms with Crippen molar-refractivity contribution < 1.29 is 14.2 Å². The summed E-state index contributed by atoms with van der Waals surface area (Å²) in [7, 11) is 1.67. The van der Waals surface area contributed by atoms with Gasteiger partial charge in [0.25, 0.3) is 0 Å². The standard InChI is InChI=1S/C24H25IN2O3/c1-3-29-23-14-19(15-26-27-16-20-11-7-8-12-22(20)28-2)13-21(25)24(23)30-17-18-9-5-4-6-10-18/h4-15,27H,3,16-17H2,1-2H3/b26-15+. The molecule has 0 heterocycles. The summed E-state index contributed by atoms with van der Waals surface area (Å²) in [6, 6.07) is 21.9. The second kappa shape index (κ2) is 11.4. The van der Waals surface area contributed by atoms with Gasteiger partial charge in [-0.2, -0.15) is 5.10 Å². The lowest BCUT2D eigenvalue weighted by atomic mass is 10.2. The normalized spacial score (nSPS) is 10.8. The van der Waals surface area contributed by atoms with Crippen LogP contribution in [0.2, 0.25) is 0 Å². The monoisotopic (exact) mass is 516 g/mol. The SMILES string of the molecule is CCOc1cc(/C=N/NCc2ccccc2OC)cc(I)c1OCc1ccccc1. The number of nitrogens with zero attached hydrogens (tertiary/aromatic N) is 1. The van der Waals surface area contributed by atoms with Gasteiger partial charge in [0.1, 0.15) is 12.4 Å². The molecule has 0 saturated carbocycles. The molecule has 0 amide bonds. The maximum atomic E-state index is 6.06. The third-order valence-corrected chi connectivity index (χ3v) is 5.13. The molecule has 0 radical (unpaired) electrons. The lowest BCUT2D eigenvalue weighted by Gasteiger charge is -2.14. The smallest absolute Gasteiger partial charge is 0.175 e. The van der Waals surface area contributed by atoms with Crippen molar-refractivity contribution in [2.24, 2.45) is 5.10 Å². The van der Waals surface area contributed by atoms with Gasteiger partial charge in [-0.1, -0.05) is 48.5 Å². The second-order valence-corrected chi connectivity index (χ2v) is 7.60. The Kier molecular flexibility index (Phi) is 8.38. The van der Waals surface area contributed by atoms with Crippen molar-refractivity contribution in [2.45, 2.75) is 20.1 Å². The zero-order valence-corrected chi connectivity index (χ0v) is 19.3. The molecule has 0 spiro atoms. The van der Waals surface area contributed by atoms with Crippen molar-refractivity contribution >= 4 is 28.8 Å². The van der Waals surface area contributed by atoms with Crippen LogP contribution in [0.4, 0.5) is 0 Å². The summed E-state index contributed by atoms with van der Waals surface area (Å²) >= 11 is 2.27. The molecule has 1 N–H and O–H groups in total. The Hall–Kier alpha value is -2.74. The van der Waals surface area contributed by atoms with Gasteiger partial charge in [0.05, 0.1) is 30.0 Å². The molecule has 0 aromatic heterocycles. The van der Waals surface area contributed by atoms with Gasteiger partial charge < -0.3 is 19.6 Å². The molecule has 0 atom stereocenters. The van der Waals surface area contributed by atoms with Gasteiger partial charge in [-0.25, -0.2) is 0 Å². The van der Waals surface area contributed by atoms with Crippen LogP contribution in [-0.2, 0) is 13.2 Å². The van der Waals surface area contributed by atoms with E-state index in [1.165, 1.54) is 0 Å². The van der Waals surface area contributed by atoms with Gasteiger partial charge in [0.2, 0.25) is 0 Å². The highest BCUT2D eigenvalue weighted by molar-refractivity contribution is 14.1. The van der Waals surface area contributed by atoms with E-state index < -0.39 is 0 Å². The number of hydrazone groups is 1. The molecule has 3 rings (SSSR count). The Morgan fingerprint density at radius 1 is 0.967 bits per heavy atom. The van der Waals surface area contributed by atoms with Gasteiger partial charge in [0, 0.05) is 5.56 Å². The van der Waals surface area contributed by atoms with Crippen LogP contribution < -0.4 is 19.6 Å². The number of methoxy groups -OCH3 is 1. The highest BCUT2D eigenvalue weighted by atomic mass is 127. The summed E-state index contributed by atoms with van der Waals surface area (Å²) in [5.74, 6) is 2.31. The van der Waals surface area contributed by atoms with Crippen LogP contribution in [-0.4, -0.2) is 19.9 Å². The van der Waals surface area contributed by atoms with Crippen molar-refractivity contribution in [2.75, 3.05) is 13.7 Å². The van der Waals surface area contributed by atoms with E-state index in [2.05, 4.69) is 33.1 Å². The topological polar surface area (TPSA) is 52.1 Å². The Labute approximate surface area is 191 Å². The van der Waals surface area contributed by atoms with E-state index in [1.54, 1.807) is 13.3 Å². The quantitative estimate of drug-likeness (QED) is 0.223. The number of ether oxygens (including phenoxy) is 3. The van der Waals surface area contributed by atoms with Crippen LogP contribution in [0.5, 0.6) is 17.2 Å². The molecule has 0 fully saturated rings. The molecule has 0 aliphatic rings. The van der Waals surface area contributed by atoms with Gasteiger partial charge >= 0.3 is 0 Å². The molecule has 3 aromatic rings. The fourth-order valence-corrected chi connectivity index (χ4v) is 3.68. The third-order valence-electron chi connectivity index (χ3n) is 4.32. The van der Waals surface area contributed by atoms with E-state index in [1.807, 2.05) is 73.7 Å². The van der Waals surface area contributed by atoms with E-state index in [0.29, 0.717) is 25.5 Å². The summed E-state index contributed by atoms with van der Waals surface area (Å²) in [5.41, 5.74) is 6.17. The van der Waals surface area contributed by atoms with Crippen molar-refractivity contribution in [1.29, 1.82) is 0 Å². The average Bonchev–Trinajstić information content (AvgIpc) is 2.77. The van der Waals surface area contributed by atoms with E-state index in [0.717, 1.165) is 31.8 Å². The molecular formula is C24H25IN2O3. The maximum absolute atomic E-state index is 6.06. The number of benzene rings is 3. The summed E-state index contributed by atoms with van der Waals surface area (Å²) in [4.78, 5) is 0. The highest BCUT2D eigenvalue weighted by Crippen LogP contribution is 2.34. The molecule has 0 bridgehead atoms. The summed E-state index contributed by atoms with van der Waals surface area (Å²) in [5, 5.41) is 4.35. The van der Waals surface area contributed by atoms with Crippen molar-refractivity contribution in [3.05, 3.63) is 87.0 Å². The largest absolute Gasteiger partial charge is 0.496 e. The summed E-state index contributed by atoms with van der Waals surface area (Å²) in [6.07, 6.45) is 1.78. The van der Waals surface area contributed by atoms with E-state index in [-0.39, 0.29) is 0 Å². The third kappa shape index (κ3) is 6.13. The van der Waals surface area contributed by atoms with Gasteiger partial charge in [0.15, 0.2) is 11.5 Å². The van der Waals surface area contributed by atoms with Crippen LogP contribution in [0.1, 0.15) is 23.6 Å². The van der Waals surface area contributed by atoms with Crippen LogP contribution in [0.15, 0.2) is 71.8 Å². The Morgan fingerprint density at radius 3 is 2.50 bits per heavy atom. The van der Waals surface area contributed by atoms with E-state index in [9.17, 15) is 0 Å². The zero-order valence-electron chi connectivity index (χ0n) is 17.1. The highest BCUT2D eigenvalue weighted by Gasteiger charge is 2.12. The van der Waals surface area contributed by atoms with Gasteiger partial charge in [-0.3, -0.25) is 0 Å². The lowest BCUT2D eigenvalue weighted by molar-refractivity contribution is 0.267. The van der Waals surface area contributed by atoms with Gasteiger partial charge in [-0.05, 0) is 58.8 Å².